The molecular weight excluding hydrogens is 331 g/mol. The third-order valence-electron chi connectivity index (χ3n) is 3.56. The second-order valence-corrected chi connectivity index (χ2v) is 6.39. The van der Waals surface area contributed by atoms with Gasteiger partial charge in [0.2, 0.25) is 0 Å². The van der Waals surface area contributed by atoms with Crippen LogP contribution in [0.15, 0.2) is 48.5 Å². The Hall–Kier alpha value is -1.55. The van der Waals surface area contributed by atoms with E-state index in [0.717, 1.165) is 16.9 Å². The molecule has 1 atom stereocenters. The first kappa shape index (κ1) is 17.8. The predicted octanol–water partition coefficient (Wildman–Crippen LogP) is 2.37. The van der Waals surface area contributed by atoms with E-state index in [9.17, 15) is 4.79 Å². The molecule has 0 bridgehead atoms. The predicted molar refractivity (Wildman–Crippen MR) is 95.1 cm³/mol. The fourth-order valence-corrected chi connectivity index (χ4v) is 2.79. The first-order chi connectivity index (χ1) is 11.1. The Balaban J connectivity index is 1.75. The first-order valence-electron chi connectivity index (χ1n) is 7.61. The van der Waals surface area contributed by atoms with Gasteiger partial charge in [-0.1, -0.05) is 65.7 Å². The minimum Gasteiger partial charge on any atom is -0.351 e. The van der Waals surface area contributed by atoms with Crippen LogP contribution in [-0.4, -0.2) is 26.0 Å². The van der Waals surface area contributed by atoms with Crippen molar-refractivity contribution in [1.29, 1.82) is 0 Å². The maximum absolute atomic E-state index is 12.0. The van der Waals surface area contributed by atoms with E-state index in [1.807, 2.05) is 37.4 Å². The van der Waals surface area contributed by atoms with E-state index >= 15 is 0 Å². The molecule has 0 aliphatic heterocycles. The fourth-order valence-electron chi connectivity index (χ4n) is 2.40. The Morgan fingerprint density at radius 1 is 1.09 bits per heavy atom. The molecular formula is C18H21Cl2N2O+. The highest BCUT2D eigenvalue weighted by Gasteiger charge is 2.13. The van der Waals surface area contributed by atoms with Crippen LogP contribution >= 0.6 is 23.2 Å². The van der Waals surface area contributed by atoms with Crippen molar-refractivity contribution in [3.8, 4) is 0 Å². The largest absolute Gasteiger partial charge is 0.351 e. The molecule has 0 spiro atoms. The van der Waals surface area contributed by atoms with Crippen molar-refractivity contribution >= 4 is 29.1 Å². The number of carbonyl (C=O) groups is 1. The lowest BCUT2D eigenvalue weighted by Crippen LogP contribution is -3.08. The molecule has 0 aliphatic carbocycles. The van der Waals surface area contributed by atoms with Gasteiger partial charge >= 0.3 is 0 Å². The first-order valence-corrected chi connectivity index (χ1v) is 8.36. The summed E-state index contributed by atoms with van der Waals surface area (Å²) in [6.07, 6.45) is 0.839. The molecule has 0 fully saturated rings. The van der Waals surface area contributed by atoms with Crippen LogP contribution in [0.2, 0.25) is 10.0 Å². The highest BCUT2D eigenvalue weighted by Crippen LogP contribution is 2.24. The number of amides is 1. The van der Waals surface area contributed by atoms with Gasteiger partial charge in [0.15, 0.2) is 6.54 Å². The van der Waals surface area contributed by atoms with E-state index in [4.69, 9.17) is 23.2 Å². The summed E-state index contributed by atoms with van der Waals surface area (Å²) in [4.78, 5) is 13.1. The Labute approximate surface area is 147 Å². The van der Waals surface area contributed by atoms with Gasteiger partial charge in [-0.15, -0.1) is 0 Å². The second-order valence-electron chi connectivity index (χ2n) is 5.61. The summed E-state index contributed by atoms with van der Waals surface area (Å²) >= 11 is 12.2. The number of likely N-dealkylation sites (N-methyl/N-ethyl adjacent to an activating group) is 1. The highest BCUT2D eigenvalue weighted by atomic mass is 35.5. The van der Waals surface area contributed by atoms with Gasteiger partial charge in [0.1, 0.15) is 6.54 Å². The van der Waals surface area contributed by atoms with Crippen LogP contribution in [0.25, 0.3) is 0 Å². The van der Waals surface area contributed by atoms with Gasteiger partial charge in [0.05, 0.1) is 17.1 Å². The summed E-state index contributed by atoms with van der Waals surface area (Å²) in [5, 5.41) is 4.07. The molecule has 2 N–H and O–H groups in total. The van der Waals surface area contributed by atoms with Crippen LogP contribution < -0.4 is 10.2 Å². The average Bonchev–Trinajstić information content (AvgIpc) is 2.53. The van der Waals surface area contributed by atoms with Gasteiger partial charge in [0, 0.05) is 12.1 Å². The molecule has 0 saturated carbocycles. The Morgan fingerprint density at radius 3 is 2.57 bits per heavy atom. The van der Waals surface area contributed by atoms with Crippen LogP contribution in [0.3, 0.4) is 0 Å². The molecule has 0 heterocycles. The molecule has 23 heavy (non-hydrogen) atoms. The lowest BCUT2D eigenvalue weighted by molar-refractivity contribution is -0.885. The van der Waals surface area contributed by atoms with Gasteiger partial charge in [-0.3, -0.25) is 4.79 Å². The van der Waals surface area contributed by atoms with Crippen LogP contribution in [0, 0.1) is 0 Å². The molecule has 1 amide bonds. The summed E-state index contributed by atoms with van der Waals surface area (Å²) in [6.45, 7) is 1.71. The SMILES string of the molecule is C[NH+](CC(=O)NCCc1ccccc1)Cc1cccc(Cl)c1Cl. The van der Waals surface area contributed by atoms with E-state index in [1.165, 1.54) is 5.56 Å². The molecule has 2 aromatic carbocycles. The summed E-state index contributed by atoms with van der Waals surface area (Å²) < 4.78 is 0. The summed E-state index contributed by atoms with van der Waals surface area (Å²) in [6, 6.07) is 15.7. The lowest BCUT2D eigenvalue weighted by Gasteiger charge is -2.15. The third-order valence-corrected chi connectivity index (χ3v) is 4.42. The van der Waals surface area contributed by atoms with Crippen LogP contribution in [0.5, 0.6) is 0 Å². The minimum absolute atomic E-state index is 0.0385. The van der Waals surface area contributed by atoms with E-state index in [0.29, 0.717) is 29.7 Å². The number of nitrogens with one attached hydrogen (secondary N) is 2. The molecule has 0 radical (unpaired) electrons. The maximum atomic E-state index is 12.0. The summed E-state index contributed by atoms with van der Waals surface area (Å²) in [5.41, 5.74) is 2.17. The van der Waals surface area contributed by atoms with Crippen LogP contribution in [0.1, 0.15) is 11.1 Å². The van der Waals surface area contributed by atoms with Crippen molar-refractivity contribution in [2.24, 2.45) is 0 Å². The molecule has 0 aromatic heterocycles. The van der Waals surface area contributed by atoms with E-state index in [2.05, 4.69) is 17.4 Å². The number of carbonyl (C=O) groups excluding carboxylic acids is 1. The molecule has 0 aliphatic rings. The molecule has 3 nitrogen and oxygen atoms in total. The zero-order chi connectivity index (χ0) is 16.7. The van der Waals surface area contributed by atoms with E-state index in [1.54, 1.807) is 6.07 Å². The standard InChI is InChI=1S/C18H20Cl2N2O/c1-22(12-15-8-5-9-16(19)18(15)20)13-17(23)21-11-10-14-6-3-2-4-7-14/h2-9H,10-13H2,1H3,(H,21,23)/p+1. The number of rotatable bonds is 7. The number of benzene rings is 2. The number of quaternary nitrogens is 1. The molecule has 2 rings (SSSR count). The second kappa shape index (κ2) is 8.92. The molecule has 0 saturated heterocycles. The van der Waals surface area contributed by atoms with Gasteiger partial charge in [-0.05, 0) is 18.1 Å². The van der Waals surface area contributed by atoms with Gasteiger partial charge in [-0.2, -0.15) is 0 Å². The fraction of sp³-hybridized carbons (Fsp3) is 0.278. The Bertz CT molecular complexity index is 647. The summed E-state index contributed by atoms with van der Waals surface area (Å²) in [5.74, 6) is 0.0385. The van der Waals surface area contributed by atoms with Crippen molar-refractivity contribution in [2.75, 3.05) is 20.1 Å². The third kappa shape index (κ3) is 5.87. The minimum atomic E-state index is 0.0385. The number of hydrogen-bond acceptors (Lipinski definition) is 1. The van der Waals surface area contributed by atoms with Gasteiger partial charge in [0.25, 0.3) is 5.91 Å². The van der Waals surface area contributed by atoms with Crippen molar-refractivity contribution < 1.29 is 9.69 Å². The molecule has 1 unspecified atom stereocenters. The lowest BCUT2D eigenvalue weighted by atomic mass is 10.1. The van der Waals surface area contributed by atoms with Crippen molar-refractivity contribution in [3.05, 3.63) is 69.7 Å². The number of hydrogen-bond donors (Lipinski definition) is 2. The summed E-state index contributed by atoms with van der Waals surface area (Å²) in [7, 11) is 1.97. The molecule has 122 valence electrons. The highest BCUT2D eigenvalue weighted by molar-refractivity contribution is 6.42. The van der Waals surface area contributed by atoms with Crippen molar-refractivity contribution in [1.82, 2.24) is 5.32 Å². The van der Waals surface area contributed by atoms with Crippen LogP contribution in [-0.2, 0) is 17.8 Å². The number of halogens is 2. The quantitative estimate of drug-likeness (QED) is 0.788. The smallest absolute Gasteiger partial charge is 0.275 e. The Morgan fingerprint density at radius 2 is 1.83 bits per heavy atom. The normalized spacial score (nSPS) is 12.0. The average molecular weight is 352 g/mol. The zero-order valence-corrected chi connectivity index (χ0v) is 14.6. The van der Waals surface area contributed by atoms with Gasteiger partial charge in [-0.25, -0.2) is 0 Å². The van der Waals surface area contributed by atoms with Gasteiger partial charge < -0.3 is 10.2 Å². The molecule has 2 aromatic rings. The Kier molecular flexibility index (Phi) is 6.90. The maximum Gasteiger partial charge on any atom is 0.275 e. The molecule has 5 heteroatoms. The van der Waals surface area contributed by atoms with E-state index < -0.39 is 0 Å². The van der Waals surface area contributed by atoms with Crippen molar-refractivity contribution in [2.45, 2.75) is 13.0 Å². The monoisotopic (exact) mass is 351 g/mol. The van der Waals surface area contributed by atoms with Crippen LogP contribution in [0.4, 0.5) is 0 Å². The zero-order valence-electron chi connectivity index (χ0n) is 13.1. The topological polar surface area (TPSA) is 33.5 Å². The van der Waals surface area contributed by atoms with E-state index in [-0.39, 0.29) is 5.91 Å². The van der Waals surface area contributed by atoms with Crippen molar-refractivity contribution in [3.63, 3.8) is 0 Å².